The number of rotatable bonds is 8. The third-order valence-corrected chi connectivity index (χ3v) is 8.80. The number of anilines is 1. The van der Waals surface area contributed by atoms with Gasteiger partial charge in [-0.15, -0.1) is 0 Å². The molecule has 5 amide bonds. The van der Waals surface area contributed by atoms with Crippen molar-refractivity contribution in [1.82, 2.24) is 20.1 Å². The van der Waals surface area contributed by atoms with E-state index in [9.17, 15) is 19.2 Å². The standard InChI is InChI=1S/C34H34Cl2N6O5/c1-20-32(47-19-25-26(35)10-6-11-27(25)36)31(40(3)29(44)18-38-34(37)46)30-24(9-5-12-28(30)39-20)22-7-4-8-23(17-22)33(45)42-15-13-41(14-16-42)21(2)43/h4-12,17H,13-16,18-19H2,1-3H3,(H3,37,38,46). The number of urea groups is 1. The largest absolute Gasteiger partial charge is 0.485 e. The molecule has 1 aromatic heterocycles. The lowest BCUT2D eigenvalue weighted by atomic mass is 9.96. The van der Waals surface area contributed by atoms with Gasteiger partial charge in [0.15, 0.2) is 5.75 Å². The Balaban J connectivity index is 1.61. The van der Waals surface area contributed by atoms with Crippen molar-refractivity contribution in [3.05, 3.63) is 87.5 Å². The normalized spacial score (nSPS) is 13.0. The van der Waals surface area contributed by atoms with Crippen molar-refractivity contribution in [2.24, 2.45) is 5.73 Å². The third kappa shape index (κ3) is 7.26. The van der Waals surface area contributed by atoms with Crippen LogP contribution in [-0.2, 0) is 16.2 Å². The number of aryl methyl sites for hydroxylation is 1. The molecule has 0 radical (unpaired) electrons. The van der Waals surface area contributed by atoms with Gasteiger partial charge in [0.2, 0.25) is 11.8 Å². The Bertz CT molecular complexity index is 1860. The minimum Gasteiger partial charge on any atom is -0.485 e. The lowest BCUT2D eigenvalue weighted by molar-refractivity contribution is -0.130. The first-order valence-corrected chi connectivity index (χ1v) is 15.7. The first kappa shape index (κ1) is 33.5. The predicted octanol–water partition coefficient (Wildman–Crippen LogP) is 5.03. The number of fused-ring (bicyclic) bond motifs is 1. The minimum atomic E-state index is -0.836. The molecule has 4 aromatic rings. The van der Waals surface area contributed by atoms with Crippen LogP contribution >= 0.6 is 23.2 Å². The number of likely N-dealkylation sites (N-methyl/N-ethyl adjacent to an activating group) is 1. The molecule has 1 aliphatic rings. The zero-order chi connectivity index (χ0) is 33.8. The Morgan fingerprint density at radius 2 is 1.60 bits per heavy atom. The minimum absolute atomic E-state index is 0.00978. The number of carbonyl (C=O) groups excluding carboxylic acids is 4. The van der Waals surface area contributed by atoms with Crippen LogP contribution in [0.25, 0.3) is 22.0 Å². The number of primary amides is 1. The summed E-state index contributed by atoms with van der Waals surface area (Å²) in [6, 6.07) is 17.1. The number of carbonyl (C=O) groups is 4. The average molecular weight is 678 g/mol. The summed E-state index contributed by atoms with van der Waals surface area (Å²) in [5, 5.41) is 3.78. The zero-order valence-electron chi connectivity index (χ0n) is 26.2. The molecule has 1 aliphatic heterocycles. The number of piperazine rings is 1. The van der Waals surface area contributed by atoms with E-state index >= 15 is 0 Å². The van der Waals surface area contributed by atoms with Crippen molar-refractivity contribution < 1.29 is 23.9 Å². The molecule has 3 N–H and O–H groups in total. The molecule has 0 bridgehead atoms. The van der Waals surface area contributed by atoms with Gasteiger partial charge in [-0.2, -0.15) is 0 Å². The molecule has 0 spiro atoms. The average Bonchev–Trinajstić information content (AvgIpc) is 3.06. The second-order valence-corrected chi connectivity index (χ2v) is 11.9. The Hall–Kier alpha value is -4.87. The number of nitrogens with one attached hydrogen (secondary N) is 1. The smallest absolute Gasteiger partial charge is 0.312 e. The molecule has 0 saturated carbocycles. The molecule has 3 aromatic carbocycles. The van der Waals surface area contributed by atoms with Crippen molar-refractivity contribution in [2.75, 3.05) is 44.7 Å². The number of hydrogen-bond donors (Lipinski definition) is 2. The fourth-order valence-electron chi connectivity index (χ4n) is 5.58. The number of hydrogen-bond acceptors (Lipinski definition) is 6. The number of pyridine rings is 1. The summed E-state index contributed by atoms with van der Waals surface area (Å²) in [5.41, 5.74) is 9.20. The molecule has 0 atom stereocenters. The van der Waals surface area contributed by atoms with E-state index in [2.05, 4.69) is 5.32 Å². The van der Waals surface area contributed by atoms with Crippen LogP contribution in [0.5, 0.6) is 5.75 Å². The van der Waals surface area contributed by atoms with Gasteiger partial charge in [-0.3, -0.25) is 14.4 Å². The van der Waals surface area contributed by atoms with E-state index in [1.54, 1.807) is 60.2 Å². The van der Waals surface area contributed by atoms with Crippen LogP contribution in [0.1, 0.15) is 28.5 Å². The van der Waals surface area contributed by atoms with Gasteiger partial charge in [0.05, 0.1) is 23.4 Å². The van der Waals surface area contributed by atoms with Crippen molar-refractivity contribution in [3.8, 4) is 16.9 Å². The van der Waals surface area contributed by atoms with Crippen LogP contribution in [0.2, 0.25) is 10.0 Å². The van der Waals surface area contributed by atoms with E-state index in [1.165, 1.54) is 11.8 Å². The summed E-state index contributed by atoms with van der Waals surface area (Å²) >= 11 is 12.9. The summed E-state index contributed by atoms with van der Waals surface area (Å²) in [6.07, 6.45) is 0. The Morgan fingerprint density at radius 1 is 0.957 bits per heavy atom. The second kappa shape index (κ2) is 14.3. The molecule has 2 heterocycles. The molecule has 13 heteroatoms. The number of halogens is 2. The highest BCUT2D eigenvalue weighted by Gasteiger charge is 2.27. The topological polar surface area (TPSA) is 138 Å². The van der Waals surface area contributed by atoms with Crippen molar-refractivity contribution >= 4 is 63.5 Å². The van der Waals surface area contributed by atoms with Gasteiger partial charge in [0.1, 0.15) is 6.61 Å². The summed E-state index contributed by atoms with van der Waals surface area (Å²) in [5.74, 6) is -0.303. The van der Waals surface area contributed by atoms with Gasteiger partial charge in [-0.1, -0.05) is 53.5 Å². The molecule has 47 heavy (non-hydrogen) atoms. The first-order chi connectivity index (χ1) is 22.5. The Labute approximate surface area is 282 Å². The molecule has 1 fully saturated rings. The van der Waals surface area contributed by atoms with E-state index in [0.29, 0.717) is 86.5 Å². The quantitative estimate of drug-likeness (QED) is 0.268. The van der Waals surface area contributed by atoms with E-state index in [-0.39, 0.29) is 25.0 Å². The molecule has 0 aliphatic carbocycles. The third-order valence-electron chi connectivity index (χ3n) is 8.09. The van der Waals surface area contributed by atoms with Crippen LogP contribution in [0.4, 0.5) is 10.5 Å². The van der Waals surface area contributed by atoms with Crippen molar-refractivity contribution in [3.63, 3.8) is 0 Å². The summed E-state index contributed by atoms with van der Waals surface area (Å²) in [4.78, 5) is 59.9. The van der Waals surface area contributed by atoms with Gasteiger partial charge in [0.25, 0.3) is 5.91 Å². The lowest BCUT2D eigenvalue weighted by Crippen LogP contribution is -2.50. The van der Waals surface area contributed by atoms with E-state index in [0.717, 1.165) is 0 Å². The summed E-state index contributed by atoms with van der Waals surface area (Å²) in [6.45, 7) is 4.76. The highest BCUT2D eigenvalue weighted by Crippen LogP contribution is 2.43. The number of nitrogens with two attached hydrogens (primary N) is 1. The molecule has 1 saturated heterocycles. The number of amides is 5. The lowest BCUT2D eigenvalue weighted by Gasteiger charge is -2.34. The zero-order valence-corrected chi connectivity index (χ0v) is 27.7. The maximum absolute atomic E-state index is 13.6. The van der Waals surface area contributed by atoms with Gasteiger partial charge in [0, 0.05) is 66.7 Å². The number of aromatic nitrogens is 1. The van der Waals surface area contributed by atoms with Crippen LogP contribution in [0, 0.1) is 6.92 Å². The maximum atomic E-state index is 13.6. The summed E-state index contributed by atoms with van der Waals surface area (Å²) < 4.78 is 6.35. The second-order valence-electron chi connectivity index (χ2n) is 11.1. The molecule has 11 nitrogen and oxygen atoms in total. The highest BCUT2D eigenvalue weighted by atomic mass is 35.5. The molecule has 5 rings (SSSR count). The summed E-state index contributed by atoms with van der Waals surface area (Å²) in [7, 11) is 1.58. The number of nitrogens with zero attached hydrogens (tertiary/aromatic N) is 4. The number of benzene rings is 3. The maximum Gasteiger partial charge on any atom is 0.312 e. The van der Waals surface area contributed by atoms with E-state index in [4.69, 9.17) is 38.7 Å². The monoisotopic (exact) mass is 676 g/mol. The van der Waals surface area contributed by atoms with Crippen LogP contribution < -0.4 is 20.7 Å². The molecular formula is C34H34Cl2N6O5. The van der Waals surface area contributed by atoms with Crippen LogP contribution in [-0.4, -0.2) is 78.3 Å². The van der Waals surface area contributed by atoms with Crippen LogP contribution in [0.3, 0.4) is 0 Å². The highest BCUT2D eigenvalue weighted by molar-refractivity contribution is 6.36. The fourth-order valence-corrected chi connectivity index (χ4v) is 6.09. The number of ether oxygens (including phenoxy) is 1. The first-order valence-electron chi connectivity index (χ1n) is 14.9. The molecule has 244 valence electrons. The van der Waals surface area contributed by atoms with Gasteiger partial charge < -0.3 is 30.5 Å². The predicted molar refractivity (Wildman–Crippen MR) is 182 cm³/mol. The SMILES string of the molecule is CC(=O)N1CCN(C(=O)c2cccc(-c3cccc4nc(C)c(OCc5c(Cl)cccc5Cl)c(N(C)C(=O)CNC(N)=O)c34)c2)CC1. The van der Waals surface area contributed by atoms with Crippen molar-refractivity contribution in [1.29, 1.82) is 0 Å². The van der Waals surface area contributed by atoms with Crippen LogP contribution in [0.15, 0.2) is 60.7 Å². The fraction of sp³-hybridized carbons (Fsp3) is 0.265. The Morgan fingerprint density at radius 3 is 2.26 bits per heavy atom. The molecule has 0 unspecified atom stereocenters. The Kier molecular flexibility index (Phi) is 10.2. The van der Waals surface area contributed by atoms with E-state index in [1.807, 2.05) is 24.3 Å². The van der Waals surface area contributed by atoms with Crippen molar-refractivity contribution in [2.45, 2.75) is 20.5 Å². The van der Waals surface area contributed by atoms with Gasteiger partial charge in [-0.05, 0) is 48.4 Å². The van der Waals surface area contributed by atoms with E-state index < -0.39 is 11.9 Å². The van der Waals surface area contributed by atoms with Gasteiger partial charge >= 0.3 is 6.03 Å². The molecular weight excluding hydrogens is 643 g/mol. The van der Waals surface area contributed by atoms with Gasteiger partial charge in [-0.25, -0.2) is 9.78 Å².